The van der Waals surface area contributed by atoms with E-state index in [4.69, 9.17) is 0 Å². The Hall–Kier alpha value is -1.10. The summed E-state index contributed by atoms with van der Waals surface area (Å²) in [7, 11) is 0. The Morgan fingerprint density at radius 1 is 1.56 bits per heavy atom. The van der Waals surface area contributed by atoms with E-state index in [-0.39, 0.29) is 23.8 Å². The number of rotatable bonds is 4. The fourth-order valence-corrected chi connectivity index (χ4v) is 2.78. The van der Waals surface area contributed by atoms with Gasteiger partial charge in [-0.2, -0.15) is 0 Å². The second-order valence-corrected chi connectivity index (χ2v) is 5.59. The standard InChI is InChI=1S/C13H23N3O2/c1-9-6-14-7-11(9)13(18)15-10(2)8-16-5-3-4-12(16)17/h9-11,14H,3-8H2,1-2H3,(H,15,18)/t9-,10?,11-/m1/s1. The van der Waals surface area contributed by atoms with Gasteiger partial charge in [0.15, 0.2) is 0 Å². The van der Waals surface area contributed by atoms with Crippen molar-refractivity contribution in [3.8, 4) is 0 Å². The van der Waals surface area contributed by atoms with Gasteiger partial charge in [-0.15, -0.1) is 0 Å². The Labute approximate surface area is 108 Å². The molecule has 2 rings (SSSR count). The van der Waals surface area contributed by atoms with Crippen LogP contribution >= 0.6 is 0 Å². The van der Waals surface area contributed by atoms with Crippen LogP contribution in [0.5, 0.6) is 0 Å². The summed E-state index contributed by atoms with van der Waals surface area (Å²) in [6.07, 6.45) is 1.60. The second-order valence-electron chi connectivity index (χ2n) is 5.59. The molecule has 2 aliphatic rings. The van der Waals surface area contributed by atoms with Crippen LogP contribution in [0, 0.1) is 11.8 Å². The van der Waals surface area contributed by atoms with Gasteiger partial charge in [0.25, 0.3) is 0 Å². The van der Waals surface area contributed by atoms with Gasteiger partial charge in [0.2, 0.25) is 11.8 Å². The largest absolute Gasteiger partial charge is 0.352 e. The van der Waals surface area contributed by atoms with Crippen molar-refractivity contribution in [3.05, 3.63) is 0 Å². The molecule has 2 saturated heterocycles. The highest BCUT2D eigenvalue weighted by Gasteiger charge is 2.30. The van der Waals surface area contributed by atoms with E-state index in [0.717, 1.165) is 26.1 Å². The molecule has 0 aromatic carbocycles. The summed E-state index contributed by atoms with van der Waals surface area (Å²) in [5.41, 5.74) is 0. The maximum absolute atomic E-state index is 12.1. The Morgan fingerprint density at radius 2 is 2.33 bits per heavy atom. The molecule has 2 fully saturated rings. The summed E-state index contributed by atoms with van der Waals surface area (Å²) in [6.45, 7) is 7.22. The van der Waals surface area contributed by atoms with E-state index >= 15 is 0 Å². The predicted molar refractivity (Wildman–Crippen MR) is 68.9 cm³/mol. The smallest absolute Gasteiger partial charge is 0.224 e. The Kier molecular flexibility index (Phi) is 4.22. The highest BCUT2D eigenvalue weighted by molar-refractivity contribution is 5.80. The van der Waals surface area contributed by atoms with E-state index in [1.165, 1.54) is 0 Å². The molecule has 3 atom stereocenters. The summed E-state index contributed by atoms with van der Waals surface area (Å²) in [5.74, 6) is 0.797. The highest BCUT2D eigenvalue weighted by atomic mass is 16.2. The first-order valence-electron chi connectivity index (χ1n) is 6.87. The second kappa shape index (κ2) is 5.69. The zero-order valence-electron chi connectivity index (χ0n) is 11.2. The number of hydrogen-bond donors (Lipinski definition) is 2. The van der Waals surface area contributed by atoms with Crippen molar-refractivity contribution in [1.82, 2.24) is 15.5 Å². The summed E-state index contributed by atoms with van der Waals surface area (Å²) >= 11 is 0. The van der Waals surface area contributed by atoms with E-state index in [1.54, 1.807) is 0 Å². The van der Waals surface area contributed by atoms with E-state index < -0.39 is 0 Å². The van der Waals surface area contributed by atoms with E-state index in [1.807, 2.05) is 11.8 Å². The van der Waals surface area contributed by atoms with Crippen molar-refractivity contribution in [1.29, 1.82) is 0 Å². The molecule has 0 aromatic heterocycles. The van der Waals surface area contributed by atoms with Gasteiger partial charge in [-0.05, 0) is 25.8 Å². The Bertz CT molecular complexity index is 332. The molecule has 5 heteroatoms. The van der Waals surface area contributed by atoms with Crippen LogP contribution in [-0.4, -0.2) is 48.9 Å². The third-order valence-electron chi connectivity index (χ3n) is 3.91. The van der Waals surface area contributed by atoms with Crippen LogP contribution in [0.25, 0.3) is 0 Å². The topological polar surface area (TPSA) is 61.4 Å². The predicted octanol–water partition coefficient (Wildman–Crippen LogP) is -0.0310. The van der Waals surface area contributed by atoms with Crippen LogP contribution in [0.4, 0.5) is 0 Å². The number of amides is 2. The third-order valence-corrected chi connectivity index (χ3v) is 3.91. The lowest BCUT2D eigenvalue weighted by Crippen LogP contribution is -2.45. The normalized spacial score (nSPS) is 29.7. The molecule has 2 N–H and O–H groups in total. The van der Waals surface area contributed by atoms with Gasteiger partial charge in [0, 0.05) is 32.1 Å². The monoisotopic (exact) mass is 253 g/mol. The number of nitrogens with one attached hydrogen (secondary N) is 2. The number of carbonyl (C=O) groups excluding carboxylic acids is 2. The van der Waals surface area contributed by atoms with Crippen LogP contribution in [-0.2, 0) is 9.59 Å². The summed E-state index contributed by atoms with van der Waals surface area (Å²) < 4.78 is 0. The van der Waals surface area contributed by atoms with Crippen molar-refractivity contribution in [2.75, 3.05) is 26.2 Å². The van der Waals surface area contributed by atoms with Crippen LogP contribution in [0.15, 0.2) is 0 Å². The lowest BCUT2D eigenvalue weighted by Gasteiger charge is -2.23. The molecule has 5 nitrogen and oxygen atoms in total. The van der Waals surface area contributed by atoms with Gasteiger partial charge in [0.05, 0.1) is 5.92 Å². The maximum Gasteiger partial charge on any atom is 0.224 e. The molecule has 2 aliphatic heterocycles. The van der Waals surface area contributed by atoms with Crippen LogP contribution in [0.2, 0.25) is 0 Å². The zero-order chi connectivity index (χ0) is 13.1. The average Bonchev–Trinajstić information content (AvgIpc) is 2.88. The Morgan fingerprint density at radius 3 is 2.89 bits per heavy atom. The fraction of sp³-hybridized carbons (Fsp3) is 0.846. The lowest BCUT2D eigenvalue weighted by molar-refractivity contribution is -0.130. The molecule has 0 aromatic rings. The minimum absolute atomic E-state index is 0.0346. The molecule has 2 amide bonds. The van der Waals surface area contributed by atoms with E-state index in [2.05, 4.69) is 17.6 Å². The molecular formula is C13H23N3O2. The molecule has 102 valence electrons. The van der Waals surface area contributed by atoms with Gasteiger partial charge >= 0.3 is 0 Å². The van der Waals surface area contributed by atoms with Crippen molar-refractivity contribution in [3.63, 3.8) is 0 Å². The van der Waals surface area contributed by atoms with Crippen LogP contribution in [0.1, 0.15) is 26.7 Å². The number of carbonyl (C=O) groups is 2. The van der Waals surface area contributed by atoms with Crippen LogP contribution < -0.4 is 10.6 Å². The molecule has 0 aliphatic carbocycles. The van der Waals surface area contributed by atoms with Crippen molar-refractivity contribution in [2.24, 2.45) is 11.8 Å². The molecule has 0 spiro atoms. The van der Waals surface area contributed by atoms with Crippen molar-refractivity contribution < 1.29 is 9.59 Å². The third kappa shape index (κ3) is 3.02. The van der Waals surface area contributed by atoms with E-state index in [9.17, 15) is 9.59 Å². The molecule has 1 unspecified atom stereocenters. The van der Waals surface area contributed by atoms with Gasteiger partial charge in [-0.25, -0.2) is 0 Å². The van der Waals surface area contributed by atoms with Crippen molar-refractivity contribution in [2.45, 2.75) is 32.7 Å². The lowest BCUT2D eigenvalue weighted by atomic mass is 9.97. The fourth-order valence-electron chi connectivity index (χ4n) is 2.78. The van der Waals surface area contributed by atoms with Gasteiger partial charge < -0.3 is 15.5 Å². The number of likely N-dealkylation sites (tertiary alicyclic amines) is 1. The van der Waals surface area contributed by atoms with Crippen LogP contribution in [0.3, 0.4) is 0 Å². The first-order chi connectivity index (χ1) is 8.58. The zero-order valence-corrected chi connectivity index (χ0v) is 11.2. The molecular weight excluding hydrogens is 230 g/mol. The summed E-state index contributed by atoms with van der Waals surface area (Å²) in [6, 6.07) is 0.0346. The molecule has 2 heterocycles. The van der Waals surface area contributed by atoms with E-state index in [0.29, 0.717) is 18.9 Å². The molecule has 18 heavy (non-hydrogen) atoms. The minimum Gasteiger partial charge on any atom is -0.352 e. The summed E-state index contributed by atoms with van der Waals surface area (Å²) in [4.78, 5) is 25.4. The quantitative estimate of drug-likeness (QED) is 0.739. The van der Waals surface area contributed by atoms with Gasteiger partial charge in [0.1, 0.15) is 0 Å². The molecule has 0 bridgehead atoms. The summed E-state index contributed by atoms with van der Waals surface area (Å²) in [5, 5.41) is 6.26. The first kappa shape index (κ1) is 13.3. The van der Waals surface area contributed by atoms with Gasteiger partial charge in [-0.3, -0.25) is 9.59 Å². The maximum atomic E-state index is 12.1. The van der Waals surface area contributed by atoms with Crippen molar-refractivity contribution >= 4 is 11.8 Å². The highest BCUT2D eigenvalue weighted by Crippen LogP contribution is 2.16. The average molecular weight is 253 g/mol. The van der Waals surface area contributed by atoms with Gasteiger partial charge in [-0.1, -0.05) is 6.92 Å². The number of hydrogen-bond acceptors (Lipinski definition) is 3. The first-order valence-corrected chi connectivity index (χ1v) is 6.87. The molecule has 0 saturated carbocycles. The SMILES string of the molecule is CC(CN1CCCC1=O)NC(=O)[C@@H]1CNC[C@H]1C. The number of nitrogens with zero attached hydrogens (tertiary/aromatic N) is 1. The molecule has 0 radical (unpaired) electrons. The Balaban J connectivity index is 1.78. The minimum atomic E-state index is 0.0346.